The normalized spacial score (nSPS) is 19.0. The molecule has 0 radical (unpaired) electrons. The lowest BCUT2D eigenvalue weighted by Gasteiger charge is -2.30. The Kier molecular flexibility index (Phi) is 5.99. The summed E-state index contributed by atoms with van der Waals surface area (Å²) in [4.78, 5) is 6.88. The molecule has 1 heterocycles. The van der Waals surface area contributed by atoms with Crippen molar-refractivity contribution in [2.75, 3.05) is 25.0 Å². The summed E-state index contributed by atoms with van der Waals surface area (Å²) in [6, 6.07) is 17.6. The van der Waals surface area contributed by atoms with Gasteiger partial charge in [0.25, 0.3) is 0 Å². The van der Waals surface area contributed by atoms with Gasteiger partial charge in [-0.1, -0.05) is 48.6 Å². The summed E-state index contributed by atoms with van der Waals surface area (Å²) in [5, 5.41) is 6.88. The highest BCUT2D eigenvalue weighted by atomic mass is 15.2. The zero-order chi connectivity index (χ0) is 16.6. The molecule has 0 spiro atoms. The number of aromatic nitrogens is 1. The van der Waals surface area contributed by atoms with Crippen LogP contribution in [-0.2, 0) is 6.54 Å². The van der Waals surface area contributed by atoms with Crippen molar-refractivity contribution >= 4 is 5.82 Å². The van der Waals surface area contributed by atoms with Crippen LogP contribution >= 0.6 is 0 Å². The van der Waals surface area contributed by atoms with Crippen molar-refractivity contribution in [3.63, 3.8) is 0 Å². The molecule has 126 valence electrons. The molecule has 4 nitrogen and oxygen atoms in total. The van der Waals surface area contributed by atoms with Crippen LogP contribution in [0.4, 0.5) is 5.82 Å². The molecule has 24 heavy (non-hydrogen) atoms. The number of nitrogens with one attached hydrogen (secondary N) is 2. The first-order chi connectivity index (χ1) is 11.9. The van der Waals surface area contributed by atoms with E-state index in [9.17, 15) is 0 Å². The molecule has 0 amide bonds. The number of anilines is 1. The SMILES string of the molecule is CNC1C=CC1NCCCN(Cc1ccccc1)c1ccccn1. The van der Waals surface area contributed by atoms with E-state index in [1.807, 2.05) is 19.3 Å². The van der Waals surface area contributed by atoms with Gasteiger partial charge in [0.15, 0.2) is 0 Å². The van der Waals surface area contributed by atoms with Crippen molar-refractivity contribution in [3.05, 3.63) is 72.4 Å². The summed E-state index contributed by atoms with van der Waals surface area (Å²) >= 11 is 0. The molecule has 1 aliphatic rings. The predicted octanol–water partition coefficient (Wildman–Crippen LogP) is 2.59. The smallest absolute Gasteiger partial charge is 0.128 e. The van der Waals surface area contributed by atoms with Crippen molar-refractivity contribution in [1.29, 1.82) is 0 Å². The average Bonchev–Trinajstić information content (AvgIpc) is 2.61. The van der Waals surface area contributed by atoms with Crippen molar-refractivity contribution in [3.8, 4) is 0 Å². The third kappa shape index (κ3) is 4.43. The fraction of sp³-hybridized carbons (Fsp3) is 0.350. The van der Waals surface area contributed by atoms with Gasteiger partial charge in [0.1, 0.15) is 5.82 Å². The van der Waals surface area contributed by atoms with E-state index in [1.165, 1.54) is 5.56 Å². The minimum absolute atomic E-state index is 0.465. The molecule has 1 aromatic heterocycles. The quantitative estimate of drug-likeness (QED) is 0.550. The van der Waals surface area contributed by atoms with E-state index in [0.29, 0.717) is 12.1 Å². The summed E-state index contributed by atoms with van der Waals surface area (Å²) in [5.41, 5.74) is 1.31. The van der Waals surface area contributed by atoms with Crippen molar-refractivity contribution in [1.82, 2.24) is 15.6 Å². The molecule has 2 N–H and O–H groups in total. The van der Waals surface area contributed by atoms with Gasteiger partial charge >= 0.3 is 0 Å². The van der Waals surface area contributed by atoms with Crippen molar-refractivity contribution in [2.24, 2.45) is 0 Å². The third-order valence-electron chi connectivity index (χ3n) is 4.42. The lowest BCUT2D eigenvalue weighted by Crippen LogP contribution is -2.50. The van der Waals surface area contributed by atoms with Crippen LogP contribution in [0.25, 0.3) is 0 Å². The molecule has 0 saturated heterocycles. The molecular formula is C20H26N4. The highest BCUT2D eigenvalue weighted by Crippen LogP contribution is 2.14. The predicted molar refractivity (Wildman–Crippen MR) is 100 cm³/mol. The fourth-order valence-electron chi connectivity index (χ4n) is 2.96. The van der Waals surface area contributed by atoms with E-state index in [1.54, 1.807) is 0 Å². The van der Waals surface area contributed by atoms with E-state index in [0.717, 1.165) is 31.9 Å². The highest BCUT2D eigenvalue weighted by Gasteiger charge is 2.21. The van der Waals surface area contributed by atoms with Gasteiger partial charge in [0, 0.05) is 31.4 Å². The Labute approximate surface area is 144 Å². The van der Waals surface area contributed by atoms with E-state index in [2.05, 4.69) is 75.1 Å². The van der Waals surface area contributed by atoms with E-state index in [-0.39, 0.29) is 0 Å². The molecular weight excluding hydrogens is 296 g/mol. The molecule has 0 fully saturated rings. The summed E-state index contributed by atoms with van der Waals surface area (Å²) in [5.74, 6) is 1.04. The molecule has 2 unspecified atom stereocenters. The third-order valence-corrected chi connectivity index (χ3v) is 4.42. The molecule has 2 aromatic rings. The van der Waals surface area contributed by atoms with Gasteiger partial charge in [-0.2, -0.15) is 0 Å². The van der Waals surface area contributed by atoms with Crippen LogP contribution in [0.3, 0.4) is 0 Å². The Hall–Kier alpha value is -2.17. The fourth-order valence-corrected chi connectivity index (χ4v) is 2.96. The van der Waals surface area contributed by atoms with Crippen LogP contribution in [0.1, 0.15) is 12.0 Å². The molecule has 2 atom stereocenters. The van der Waals surface area contributed by atoms with Crippen LogP contribution in [0, 0.1) is 0 Å². The maximum absolute atomic E-state index is 4.53. The number of hydrogen-bond acceptors (Lipinski definition) is 4. The van der Waals surface area contributed by atoms with Crippen LogP contribution < -0.4 is 15.5 Å². The van der Waals surface area contributed by atoms with E-state index in [4.69, 9.17) is 0 Å². The van der Waals surface area contributed by atoms with Gasteiger partial charge in [0.05, 0.1) is 0 Å². The lowest BCUT2D eigenvalue weighted by atomic mass is 9.97. The molecule has 3 rings (SSSR count). The summed E-state index contributed by atoms with van der Waals surface area (Å²) < 4.78 is 0. The first-order valence-electron chi connectivity index (χ1n) is 8.66. The Bertz CT molecular complexity index is 627. The van der Waals surface area contributed by atoms with Gasteiger partial charge in [-0.25, -0.2) is 4.98 Å². The zero-order valence-corrected chi connectivity index (χ0v) is 14.2. The molecule has 1 aromatic carbocycles. The Morgan fingerprint density at radius 1 is 1.00 bits per heavy atom. The number of hydrogen-bond donors (Lipinski definition) is 2. The second-order valence-electron chi connectivity index (χ2n) is 6.13. The van der Waals surface area contributed by atoms with Crippen LogP contribution in [0.15, 0.2) is 66.9 Å². The summed E-state index contributed by atoms with van der Waals surface area (Å²) in [7, 11) is 2.01. The lowest BCUT2D eigenvalue weighted by molar-refractivity contribution is 0.456. The van der Waals surface area contributed by atoms with Crippen LogP contribution in [0.2, 0.25) is 0 Å². The molecule has 0 bridgehead atoms. The first-order valence-corrected chi connectivity index (χ1v) is 8.66. The van der Waals surface area contributed by atoms with Crippen molar-refractivity contribution < 1.29 is 0 Å². The largest absolute Gasteiger partial charge is 0.352 e. The van der Waals surface area contributed by atoms with E-state index < -0.39 is 0 Å². The maximum atomic E-state index is 4.53. The molecule has 4 heteroatoms. The standard InChI is InChI=1S/C20H26N4/c1-21-18-11-12-19(18)22-14-7-15-24(20-10-5-6-13-23-20)16-17-8-3-2-4-9-17/h2-6,8-13,18-19,21-22H,7,14-16H2,1H3. The molecule has 1 aliphatic carbocycles. The van der Waals surface area contributed by atoms with Gasteiger partial charge in [-0.15, -0.1) is 0 Å². The van der Waals surface area contributed by atoms with Gasteiger partial charge in [-0.05, 0) is 37.7 Å². The highest BCUT2D eigenvalue weighted by molar-refractivity contribution is 5.39. The number of nitrogens with zero attached hydrogens (tertiary/aromatic N) is 2. The summed E-state index contributed by atoms with van der Waals surface area (Å²) in [6.07, 6.45) is 7.38. The maximum Gasteiger partial charge on any atom is 0.128 e. The topological polar surface area (TPSA) is 40.2 Å². The first kappa shape index (κ1) is 16.7. The Morgan fingerprint density at radius 3 is 2.46 bits per heavy atom. The second-order valence-corrected chi connectivity index (χ2v) is 6.13. The van der Waals surface area contributed by atoms with E-state index >= 15 is 0 Å². The number of likely N-dealkylation sites (N-methyl/N-ethyl adjacent to an activating group) is 1. The zero-order valence-electron chi connectivity index (χ0n) is 14.2. The van der Waals surface area contributed by atoms with Crippen molar-refractivity contribution in [2.45, 2.75) is 25.0 Å². The van der Waals surface area contributed by atoms with Gasteiger partial charge < -0.3 is 15.5 Å². The minimum atomic E-state index is 0.465. The number of benzene rings is 1. The Morgan fingerprint density at radius 2 is 1.79 bits per heavy atom. The Balaban J connectivity index is 1.53. The van der Waals surface area contributed by atoms with Gasteiger partial charge in [0.2, 0.25) is 0 Å². The molecule has 0 saturated carbocycles. The number of rotatable bonds is 9. The summed E-state index contributed by atoms with van der Waals surface area (Å²) in [6.45, 7) is 2.88. The van der Waals surface area contributed by atoms with Crippen LogP contribution in [0.5, 0.6) is 0 Å². The second kappa shape index (κ2) is 8.62. The minimum Gasteiger partial charge on any atom is -0.352 e. The average molecular weight is 322 g/mol. The number of pyridine rings is 1. The monoisotopic (exact) mass is 322 g/mol. The van der Waals surface area contributed by atoms with Crippen LogP contribution in [-0.4, -0.2) is 37.2 Å². The molecule has 0 aliphatic heterocycles. The van der Waals surface area contributed by atoms with Gasteiger partial charge in [-0.3, -0.25) is 0 Å².